The minimum absolute atomic E-state index is 0.111. The molecular weight excluding hydrogens is 252 g/mol. The quantitative estimate of drug-likeness (QED) is 0.880. The molecule has 5 nitrogen and oxygen atoms in total. The SMILES string of the molecule is O=C(O)Cc1ncccc1C(=O)N1CCSCC1. The maximum Gasteiger partial charge on any atom is 0.309 e. The van der Waals surface area contributed by atoms with Gasteiger partial charge in [-0.2, -0.15) is 11.8 Å². The van der Waals surface area contributed by atoms with Crippen molar-refractivity contribution in [1.82, 2.24) is 9.88 Å². The van der Waals surface area contributed by atoms with Crippen LogP contribution in [0.3, 0.4) is 0 Å². The van der Waals surface area contributed by atoms with Crippen LogP contribution < -0.4 is 0 Å². The van der Waals surface area contributed by atoms with Gasteiger partial charge in [-0.25, -0.2) is 0 Å². The van der Waals surface area contributed by atoms with Crippen LogP contribution in [0.2, 0.25) is 0 Å². The first kappa shape index (κ1) is 12.9. The fourth-order valence-corrected chi connectivity index (χ4v) is 2.76. The van der Waals surface area contributed by atoms with E-state index in [9.17, 15) is 9.59 Å². The van der Waals surface area contributed by atoms with Crippen molar-refractivity contribution in [2.75, 3.05) is 24.6 Å². The zero-order valence-electron chi connectivity index (χ0n) is 9.83. The molecule has 0 unspecified atom stereocenters. The number of aromatic nitrogens is 1. The highest BCUT2D eigenvalue weighted by Gasteiger charge is 2.21. The smallest absolute Gasteiger partial charge is 0.309 e. The lowest BCUT2D eigenvalue weighted by atomic mass is 10.1. The number of thioether (sulfide) groups is 1. The molecule has 1 aromatic heterocycles. The third kappa shape index (κ3) is 3.01. The summed E-state index contributed by atoms with van der Waals surface area (Å²) >= 11 is 1.82. The van der Waals surface area contributed by atoms with Crippen LogP contribution in [0.1, 0.15) is 16.1 Å². The summed E-state index contributed by atoms with van der Waals surface area (Å²) < 4.78 is 0. The Morgan fingerprint density at radius 1 is 1.39 bits per heavy atom. The maximum atomic E-state index is 12.3. The molecule has 18 heavy (non-hydrogen) atoms. The number of hydrogen-bond acceptors (Lipinski definition) is 4. The molecule has 1 aliphatic rings. The van der Waals surface area contributed by atoms with Crippen LogP contribution in [0.15, 0.2) is 18.3 Å². The zero-order chi connectivity index (χ0) is 13.0. The molecule has 96 valence electrons. The van der Waals surface area contributed by atoms with E-state index >= 15 is 0 Å². The largest absolute Gasteiger partial charge is 0.481 e. The Morgan fingerprint density at radius 2 is 2.11 bits per heavy atom. The topological polar surface area (TPSA) is 70.5 Å². The van der Waals surface area contributed by atoms with E-state index in [4.69, 9.17) is 5.11 Å². The monoisotopic (exact) mass is 266 g/mol. The van der Waals surface area contributed by atoms with E-state index in [1.54, 1.807) is 17.0 Å². The van der Waals surface area contributed by atoms with Gasteiger partial charge in [-0.1, -0.05) is 0 Å². The van der Waals surface area contributed by atoms with Crippen molar-refractivity contribution < 1.29 is 14.7 Å². The van der Waals surface area contributed by atoms with Gasteiger partial charge in [0.05, 0.1) is 17.7 Å². The third-order valence-corrected chi connectivity index (χ3v) is 3.68. The Hall–Kier alpha value is -1.56. The summed E-state index contributed by atoms with van der Waals surface area (Å²) in [7, 11) is 0. The van der Waals surface area contributed by atoms with E-state index in [1.807, 2.05) is 11.8 Å². The predicted molar refractivity (Wildman–Crippen MR) is 68.8 cm³/mol. The molecule has 1 amide bonds. The van der Waals surface area contributed by atoms with Crippen LogP contribution in [0, 0.1) is 0 Å². The van der Waals surface area contributed by atoms with Gasteiger partial charge in [0.15, 0.2) is 0 Å². The van der Waals surface area contributed by atoms with Crippen molar-refractivity contribution in [3.8, 4) is 0 Å². The van der Waals surface area contributed by atoms with E-state index in [0.29, 0.717) is 24.3 Å². The van der Waals surface area contributed by atoms with E-state index in [1.165, 1.54) is 6.20 Å². The van der Waals surface area contributed by atoms with Crippen LogP contribution in [0.4, 0.5) is 0 Å². The van der Waals surface area contributed by atoms with Gasteiger partial charge < -0.3 is 10.0 Å². The van der Waals surface area contributed by atoms with Crippen LogP contribution in [-0.2, 0) is 11.2 Å². The molecule has 2 rings (SSSR count). The van der Waals surface area contributed by atoms with Crippen molar-refractivity contribution in [3.63, 3.8) is 0 Å². The number of rotatable bonds is 3. The summed E-state index contributed by atoms with van der Waals surface area (Å²) in [5.41, 5.74) is 0.750. The normalized spacial score (nSPS) is 15.4. The van der Waals surface area contributed by atoms with Gasteiger partial charge in [-0.3, -0.25) is 14.6 Å². The van der Waals surface area contributed by atoms with Gasteiger partial charge in [0.2, 0.25) is 0 Å². The van der Waals surface area contributed by atoms with E-state index in [0.717, 1.165) is 11.5 Å². The second-order valence-electron chi connectivity index (χ2n) is 3.97. The van der Waals surface area contributed by atoms with Gasteiger partial charge >= 0.3 is 5.97 Å². The van der Waals surface area contributed by atoms with Gasteiger partial charge in [0.1, 0.15) is 0 Å². The number of amides is 1. The molecular formula is C12H14N2O3S. The summed E-state index contributed by atoms with van der Waals surface area (Å²) in [6.07, 6.45) is 1.30. The lowest BCUT2D eigenvalue weighted by molar-refractivity contribution is -0.136. The number of pyridine rings is 1. The highest BCUT2D eigenvalue weighted by molar-refractivity contribution is 7.99. The fourth-order valence-electron chi connectivity index (χ4n) is 1.85. The zero-order valence-corrected chi connectivity index (χ0v) is 10.7. The van der Waals surface area contributed by atoms with Crippen LogP contribution in [-0.4, -0.2) is 51.5 Å². The van der Waals surface area contributed by atoms with Gasteiger partial charge in [0, 0.05) is 30.8 Å². The molecule has 0 aliphatic carbocycles. The summed E-state index contributed by atoms with van der Waals surface area (Å²) in [5, 5.41) is 8.82. The molecule has 0 bridgehead atoms. The second-order valence-corrected chi connectivity index (χ2v) is 5.20. The Balaban J connectivity index is 2.20. The van der Waals surface area contributed by atoms with Crippen molar-refractivity contribution in [3.05, 3.63) is 29.6 Å². The fraction of sp³-hybridized carbons (Fsp3) is 0.417. The van der Waals surface area contributed by atoms with E-state index in [2.05, 4.69) is 4.98 Å². The van der Waals surface area contributed by atoms with Crippen molar-refractivity contribution >= 4 is 23.6 Å². The number of carboxylic acids is 1. The van der Waals surface area contributed by atoms with Crippen LogP contribution in [0.5, 0.6) is 0 Å². The standard InChI is InChI=1S/C12H14N2O3S/c15-11(16)8-10-9(2-1-3-13-10)12(17)14-4-6-18-7-5-14/h1-3H,4-8H2,(H,15,16). The van der Waals surface area contributed by atoms with Crippen LogP contribution in [0.25, 0.3) is 0 Å². The van der Waals surface area contributed by atoms with Gasteiger partial charge in [-0.05, 0) is 12.1 Å². The predicted octanol–water partition coefficient (Wildman–Crippen LogP) is 0.898. The van der Waals surface area contributed by atoms with Crippen LogP contribution >= 0.6 is 11.8 Å². The second kappa shape index (κ2) is 5.86. The molecule has 1 aromatic rings. The number of aliphatic carboxylic acids is 1. The van der Waals surface area contributed by atoms with E-state index < -0.39 is 5.97 Å². The van der Waals surface area contributed by atoms with E-state index in [-0.39, 0.29) is 12.3 Å². The Bertz CT molecular complexity index is 458. The molecule has 6 heteroatoms. The first-order valence-corrected chi connectivity index (χ1v) is 6.86. The molecule has 0 saturated carbocycles. The third-order valence-electron chi connectivity index (χ3n) is 2.74. The summed E-state index contributed by atoms with van der Waals surface area (Å²) in [5.74, 6) is 0.775. The highest BCUT2D eigenvalue weighted by atomic mass is 32.2. The minimum atomic E-state index is -0.975. The highest BCUT2D eigenvalue weighted by Crippen LogP contribution is 2.15. The minimum Gasteiger partial charge on any atom is -0.481 e. The molecule has 1 fully saturated rings. The Morgan fingerprint density at radius 3 is 2.78 bits per heavy atom. The molecule has 0 atom stereocenters. The van der Waals surface area contributed by atoms with Crippen molar-refractivity contribution in [2.24, 2.45) is 0 Å². The average Bonchev–Trinajstić information content (AvgIpc) is 2.39. The lowest BCUT2D eigenvalue weighted by Gasteiger charge is -2.26. The number of carbonyl (C=O) groups excluding carboxylic acids is 1. The molecule has 0 radical (unpaired) electrons. The van der Waals surface area contributed by atoms with Gasteiger partial charge in [-0.15, -0.1) is 0 Å². The first-order valence-electron chi connectivity index (χ1n) is 5.71. The number of carboxylic acid groups (broad SMARTS) is 1. The Labute approximate surface area is 109 Å². The lowest BCUT2D eigenvalue weighted by Crippen LogP contribution is -2.38. The average molecular weight is 266 g/mol. The summed E-state index contributed by atoms with van der Waals surface area (Å²) in [6.45, 7) is 1.43. The molecule has 2 heterocycles. The molecule has 1 N–H and O–H groups in total. The number of carbonyl (C=O) groups is 2. The molecule has 0 spiro atoms. The van der Waals surface area contributed by atoms with Crippen molar-refractivity contribution in [1.29, 1.82) is 0 Å². The number of nitrogens with zero attached hydrogens (tertiary/aromatic N) is 2. The maximum absolute atomic E-state index is 12.3. The molecule has 1 aliphatic heterocycles. The number of hydrogen-bond donors (Lipinski definition) is 1. The van der Waals surface area contributed by atoms with Crippen molar-refractivity contribution in [2.45, 2.75) is 6.42 Å². The van der Waals surface area contributed by atoms with Gasteiger partial charge in [0.25, 0.3) is 5.91 Å². The first-order chi connectivity index (χ1) is 8.68. The summed E-state index contributed by atoms with van der Waals surface area (Å²) in [4.78, 5) is 28.8. The molecule has 1 saturated heterocycles. The Kier molecular flexibility index (Phi) is 4.19. The summed E-state index contributed by atoms with van der Waals surface area (Å²) in [6, 6.07) is 3.31. The molecule has 0 aromatic carbocycles.